The molecule has 0 aromatic rings. The highest BCUT2D eigenvalue weighted by molar-refractivity contribution is 5.86. The molecule has 6 nitrogen and oxygen atoms in total. The number of esters is 1. The van der Waals surface area contributed by atoms with E-state index in [9.17, 15) is 10.0 Å². The minimum Gasteiger partial charge on any atom is -0.599 e. The molecular weight excluding hydrogens is 238 g/mol. The molecule has 0 bridgehead atoms. The lowest BCUT2D eigenvalue weighted by atomic mass is 10.4. The van der Waals surface area contributed by atoms with Gasteiger partial charge in [-0.25, -0.2) is 14.4 Å². The Morgan fingerprint density at radius 3 is 2.22 bits per heavy atom. The predicted octanol–water partition coefficient (Wildman–Crippen LogP) is 1.41. The molecule has 0 radical (unpaired) electrons. The maximum Gasteiger partial charge on any atom is 0.333 e. The van der Waals surface area contributed by atoms with Gasteiger partial charge in [0.05, 0.1) is 20.7 Å². The molecule has 0 atom stereocenters. The summed E-state index contributed by atoms with van der Waals surface area (Å²) in [5.74, 6) is -0.376. The third-order valence-electron chi connectivity index (χ3n) is 1.85. The molecular formula is C12H23NO5. The van der Waals surface area contributed by atoms with Gasteiger partial charge in [-0.15, -0.1) is 0 Å². The van der Waals surface area contributed by atoms with Crippen LogP contribution in [-0.2, 0) is 19.1 Å². The van der Waals surface area contributed by atoms with E-state index >= 15 is 0 Å². The Labute approximate surface area is 108 Å². The van der Waals surface area contributed by atoms with Gasteiger partial charge in [0, 0.05) is 31.6 Å². The van der Waals surface area contributed by atoms with Crippen molar-refractivity contribution < 1.29 is 23.9 Å². The van der Waals surface area contributed by atoms with Gasteiger partial charge in [-0.1, -0.05) is 6.58 Å². The number of hydrogen-bond donors (Lipinski definition) is 0. The molecule has 6 heteroatoms. The minimum atomic E-state index is -0.753. The fourth-order valence-electron chi connectivity index (χ4n) is 0.996. The van der Waals surface area contributed by atoms with Gasteiger partial charge >= 0.3 is 5.97 Å². The van der Waals surface area contributed by atoms with Crippen LogP contribution in [0.25, 0.3) is 0 Å². The van der Waals surface area contributed by atoms with Gasteiger partial charge in [-0.2, -0.15) is 0 Å². The molecule has 18 heavy (non-hydrogen) atoms. The van der Waals surface area contributed by atoms with Crippen LogP contribution in [0.3, 0.4) is 0 Å². The van der Waals surface area contributed by atoms with Crippen LogP contribution in [0.5, 0.6) is 0 Å². The fourth-order valence-corrected chi connectivity index (χ4v) is 0.996. The van der Waals surface area contributed by atoms with Gasteiger partial charge in [0.2, 0.25) is 0 Å². The maximum atomic E-state index is 11.0. The molecule has 0 spiro atoms. The molecule has 0 aromatic carbocycles. The summed E-state index contributed by atoms with van der Waals surface area (Å²) in [6.45, 7) is 6.81. The number of hydrogen-bond acceptors (Lipinski definition) is 5. The first-order chi connectivity index (χ1) is 8.33. The number of rotatable bonds is 10. The Morgan fingerprint density at radius 1 is 1.17 bits per heavy atom. The number of ether oxygens (including phenoxy) is 2. The molecule has 0 amide bonds. The third-order valence-corrected chi connectivity index (χ3v) is 1.85. The van der Waals surface area contributed by atoms with Crippen LogP contribution in [0.15, 0.2) is 12.2 Å². The first-order valence-electron chi connectivity index (χ1n) is 5.93. The van der Waals surface area contributed by atoms with E-state index in [2.05, 4.69) is 6.58 Å². The molecule has 0 rings (SSSR count). The van der Waals surface area contributed by atoms with Crippen LogP contribution in [-0.4, -0.2) is 51.3 Å². The second-order valence-corrected chi connectivity index (χ2v) is 4.32. The molecule has 106 valence electrons. The van der Waals surface area contributed by atoms with Crippen molar-refractivity contribution in [1.29, 1.82) is 0 Å². The van der Waals surface area contributed by atoms with Crippen LogP contribution < -0.4 is 0 Å². The summed E-state index contributed by atoms with van der Waals surface area (Å²) in [7, 11) is 2.83. The van der Waals surface area contributed by atoms with E-state index in [1.165, 1.54) is 14.1 Å². The van der Waals surface area contributed by atoms with Crippen molar-refractivity contribution in [3.8, 4) is 0 Å². The van der Waals surface area contributed by atoms with E-state index in [0.717, 1.165) is 0 Å². The van der Waals surface area contributed by atoms with E-state index in [0.29, 0.717) is 44.8 Å². The second-order valence-electron chi connectivity index (χ2n) is 4.32. The lowest BCUT2D eigenvalue weighted by Gasteiger charge is -2.29. The topological polar surface area (TPSA) is 67.8 Å². The molecule has 0 unspecified atom stereocenters. The van der Waals surface area contributed by atoms with Crippen molar-refractivity contribution in [2.75, 3.05) is 40.5 Å². The highest BCUT2D eigenvalue weighted by Crippen LogP contribution is 1.97. The minimum absolute atomic E-state index is 0.326. The SMILES string of the molecule is C=C(C)C(=O)OCCCOCCCO[N+](C)(C)[O-]. The van der Waals surface area contributed by atoms with E-state index < -0.39 is 4.81 Å². The Kier molecular flexibility index (Phi) is 8.57. The Balaban J connectivity index is 3.22. The summed E-state index contributed by atoms with van der Waals surface area (Å²) in [5.41, 5.74) is 0.395. The number of carbonyl (C=O) groups excluding carboxylic acids is 1. The molecule has 0 heterocycles. The standard InChI is InChI=1S/C12H23NO5/c1-11(2)12(14)17-9-5-7-16-8-6-10-18-13(3,4)15/h1,5-10H2,2-4H3. The molecule has 0 fully saturated rings. The van der Waals surface area contributed by atoms with E-state index in [1.54, 1.807) is 6.92 Å². The molecule has 0 aromatic heterocycles. The molecule has 0 aliphatic heterocycles. The predicted molar refractivity (Wildman–Crippen MR) is 67.3 cm³/mol. The van der Waals surface area contributed by atoms with Gasteiger partial charge < -0.3 is 14.7 Å². The highest BCUT2D eigenvalue weighted by atomic mass is 16.9. The van der Waals surface area contributed by atoms with E-state index in [-0.39, 0.29) is 5.97 Å². The molecule has 0 aliphatic carbocycles. The van der Waals surface area contributed by atoms with Gasteiger partial charge in [-0.05, 0) is 6.92 Å². The van der Waals surface area contributed by atoms with Crippen molar-refractivity contribution in [2.24, 2.45) is 0 Å². The molecule has 0 N–H and O–H groups in total. The van der Waals surface area contributed by atoms with Crippen molar-refractivity contribution in [3.05, 3.63) is 17.4 Å². The monoisotopic (exact) mass is 261 g/mol. The maximum absolute atomic E-state index is 11.0. The summed E-state index contributed by atoms with van der Waals surface area (Å²) in [6.07, 6.45) is 1.30. The molecule has 0 saturated heterocycles. The normalized spacial score (nSPS) is 11.3. The van der Waals surface area contributed by atoms with Crippen LogP contribution in [0.2, 0.25) is 0 Å². The lowest BCUT2D eigenvalue weighted by molar-refractivity contribution is -1.04. The van der Waals surface area contributed by atoms with Crippen molar-refractivity contribution in [2.45, 2.75) is 19.8 Å². The Morgan fingerprint density at radius 2 is 1.72 bits per heavy atom. The second kappa shape index (κ2) is 9.04. The number of carbonyl (C=O) groups is 1. The molecule has 0 saturated carbocycles. The van der Waals surface area contributed by atoms with Gasteiger partial charge in [-0.3, -0.25) is 0 Å². The zero-order valence-electron chi connectivity index (χ0n) is 11.4. The summed E-state index contributed by atoms with van der Waals surface area (Å²) in [5, 5.41) is 11.0. The Bertz CT molecular complexity index is 260. The van der Waals surface area contributed by atoms with E-state index in [4.69, 9.17) is 14.3 Å². The van der Waals surface area contributed by atoms with Crippen molar-refractivity contribution >= 4 is 5.97 Å². The highest BCUT2D eigenvalue weighted by Gasteiger charge is 2.03. The number of nitrogens with zero attached hydrogens (tertiary/aromatic N) is 1. The lowest BCUT2D eigenvalue weighted by Crippen LogP contribution is -2.32. The largest absolute Gasteiger partial charge is 0.599 e. The quantitative estimate of drug-likeness (QED) is 0.195. The Hall–Kier alpha value is -0.950. The van der Waals surface area contributed by atoms with Crippen molar-refractivity contribution in [1.82, 2.24) is 0 Å². The number of quaternary nitrogens is 1. The number of hydroxylamine groups is 4. The van der Waals surface area contributed by atoms with Crippen molar-refractivity contribution in [3.63, 3.8) is 0 Å². The smallest absolute Gasteiger partial charge is 0.333 e. The van der Waals surface area contributed by atoms with Gasteiger partial charge in [0.25, 0.3) is 0 Å². The van der Waals surface area contributed by atoms with Crippen LogP contribution >= 0.6 is 0 Å². The van der Waals surface area contributed by atoms with Crippen LogP contribution in [0, 0.1) is 5.21 Å². The van der Waals surface area contributed by atoms with Gasteiger partial charge in [0.1, 0.15) is 6.61 Å². The summed E-state index contributed by atoms with van der Waals surface area (Å²) in [6, 6.07) is 0. The summed E-state index contributed by atoms with van der Waals surface area (Å²) < 4.78 is 10.2. The third kappa shape index (κ3) is 11.5. The summed E-state index contributed by atoms with van der Waals surface area (Å²) in [4.78, 5) is 15.2. The average Bonchev–Trinajstić information content (AvgIpc) is 2.24. The summed E-state index contributed by atoms with van der Waals surface area (Å²) >= 11 is 0. The zero-order chi connectivity index (χ0) is 14.0. The first-order valence-corrected chi connectivity index (χ1v) is 5.93. The van der Waals surface area contributed by atoms with Crippen LogP contribution in [0.1, 0.15) is 19.8 Å². The van der Waals surface area contributed by atoms with Gasteiger partial charge in [0.15, 0.2) is 0 Å². The zero-order valence-corrected chi connectivity index (χ0v) is 11.4. The van der Waals surface area contributed by atoms with Crippen LogP contribution in [0.4, 0.5) is 0 Å². The fraction of sp³-hybridized carbons (Fsp3) is 0.750. The molecule has 0 aliphatic rings. The first kappa shape index (κ1) is 17.1. The van der Waals surface area contributed by atoms with E-state index in [1.807, 2.05) is 0 Å². The average molecular weight is 261 g/mol.